The molecule has 128 valence electrons. The van der Waals surface area contributed by atoms with Gasteiger partial charge >= 0.3 is 0 Å². The summed E-state index contributed by atoms with van der Waals surface area (Å²) in [5, 5.41) is 0. The lowest BCUT2D eigenvalue weighted by Crippen LogP contribution is -2.35. The average molecular weight is 434 g/mol. The van der Waals surface area contributed by atoms with Gasteiger partial charge in [0.25, 0.3) is 0 Å². The summed E-state index contributed by atoms with van der Waals surface area (Å²) in [7, 11) is 0. The van der Waals surface area contributed by atoms with Gasteiger partial charge in [0.1, 0.15) is 0 Å². The normalized spacial score (nSPS) is 15.5. The SMILES string of the molecule is Cc1cc(C)c(N2CCN(c3c(C)cc(C)cc3C)C2I)c(C)c1. The van der Waals surface area contributed by atoms with Gasteiger partial charge in [-0.2, -0.15) is 0 Å². The molecule has 1 heterocycles. The Hall–Kier alpha value is -1.23. The smallest absolute Gasteiger partial charge is 0.155 e. The summed E-state index contributed by atoms with van der Waals surface area (Å²) in [4.78, 5) is 5.12. The Labute approximate surface area is 160 Å². The van der Waals surface area contributed by atoms with E-state index in [2.05, 4.69) is 98.2 Å². The topological polar surface area (TPSA) is 6.48 Å². The Morgan fingerprint density at radius 2 is 0.958 bits per heavy atom. The summed E-state index contributed by atoms with van der Waals surface area (Å²) in [6.45, 7) is 15.5. The van der Waals surface area contributed by atoms with Crippen LogP contribution < -0.4 is 9.80 Å². The van der Waals surface area contributed by atoms with Crippen molar-refractivity contribution < 1.29 is 0 Å². The highest BCUT2D eigenvalue weighted by atomic mass is 127. The summed E-state index contributed by atoms with van der Waals surface area (Å²) < 4.78 is 0.350. The third kappa shape index (κ3) is 3.03. The van der Waals surface area contributed by atoms with Gasteiger partial charge in [0.05, 0.1) is 0 Å². The zero-order valence-corrected chi connectivity index (χ0v) is 17.7. The molecule has 3 heteroatoms. The summed E-state index contributed by atoms with van der Waals surface area (Å²) in [6, 6.07) is 9.21. The number of hydrogen-bond donors (Lipinski definition) is 0. The summed E-state index contributed by atoms with van der Waals surface area (Å²) in [5.74, 6) is 0. The molecule has 24 heavy (non-hydrogen) atoms. The Morgan fingerprint density at radius 3 is 1.25 bits per heavy atom. The molecule has 2 aromatic carbocycles. The summed E-state index contributed by atoms with van der Waals surface area (Å²) in [5.41, 5.74) is 11.0. The highest BCUT2D eigenvalue weighted by molar-refractivity contribution is 14.1. The van der Waals surface area contributed by atoms with Gasteiger partial charge in [0.2, 0.25) is 0 Å². The first kappa shape index (κ1) is 17.6. The molecule has 0 saturated carbocycles. The zero-order chi connectivity index (χ0) is 17.6. The van der Waals surface area contributed by atoms with E-state index in [-0.39, 0.29) is 0 Å². The zero-order valence-electron chi connectivity index (χ0n) is 15.6. The summed E-state index contributed by atoms with van der Waals surface area (Å²) in [6.07, 6.45) is 0. The van der Waals surface area contributed by atoms with Crippen LogP contribution in [0.25, 0.3) is 0 Å². The lowest BCUT2D eigenvalue weighted by atomic mass is 10.0. The van der Waals surface area contributed by atoms with Crippen LogP contribution in [0.15, 0.2) is 24.3 Å². The molecule has 0 aliphatic carbocycles. The van der Waals surface area contributed by atoms with Crippen molar-refractivity contribution in [2.24, 2.45) is 0 Å². The lowest BCUT2D eigenvalue weighted by Gasteiger charge is -2.32. The first-order valence-electron chi connectivity index (χ1n) is 8.62. The molecular formula is C21H27IN2. The number of nitrogens with zero attached hydrogens (tertiary/aromatic N) is 2. The molecule has 2 nitrogen and oxygen atoms in total. The number of aryl methyl sites for hydroxylation is 6. The first-order valence-corrected chi connectivity index (χ1v) is 9.87. The predicted octanol–water partition coefficient (Wildman–Crippen LogP) is 5.58. The fourth-order valence-electron chi connectivity index (χ4n) is 4.28. The summed E-state index contributed by atoms with van der Waals surface area (Å²) >= 11 is 2.60. The molecule has 0 amide bonds. The highest BCUT2D eigenvalue weighted by Gasteiger charge is 2.33. The van der Waals surface area contributed by atoms with Gasteiger partial charge in [-0.1, -0.05) is 35.4 Å². The van der Waals surface area contributed by atoms with E-state index < -0.39 is 0 Å². The van der Waals surface area contributed by atoms with Gasteiger partial charge in [0, 0.05) is 24.5 Å². The fraction of sp³-hybridized carbons (Fsp3) is 0.429. The van der Waals surface area contributed by atoms with Crippen molar-refractivity contribution in [1.29, 1.82) is 0 Å². The molecule has 0 unspecified atom stereocenters. The number of benzene rings is 2. The molecular weight excluding hydrogens is 407 g/mol. The second-order valence-electron chi connectivity index (χ2n) is 7.19. The molecule has 2 aromatic rings. The molecule has 1 fully saturated rings. The van der Waals surface area contributed by atoms with Crippen LogP contribution in [0, 0.1) is 41.5 Å². The molecule has 0 N–H and O–H groups in total. The highest BCUT2D eigenvalue weighted by Crippen LogP contribution is 2.38. The van der Waals surface area contributed by atoms with E-state index in [9.17, 15) is 0 Å². The standard InChI is InChI=1S/C21H27IN2/c1-13-9-15(3)19(16(4)10-13)23-7-8-24(21(23)22)20-17(5)11-14(2)12-18(20)6/h9-12,21H,7-8H2,1-6H3. The molecule has 0 aromatic heterocycles. The second kappa shape index (κ2) is 6.58. The van der Waals surface area contributed by atoms with Crippen molar-refractivity contribution in [2.45, 2.75) is 45.7 Å². The van der Waals surface area contributed by atoms with Crippen LogP contribution in [-0.2, 0) is 0 Å². The van der Waals surface area contributed by atoms with Crippen LogP contribution in [0.5, 0.6) is 0 Å². The quantitative estimate of drug-likeness (QED) is 0.346. The first-order chi connectivity index (χ1) is 11.3. The van der Waals surface area contributed by atoms with Crippen molar-refractivity contribution in [1.82, 2.24) is 0 Å². The Morgan fingerprint density at radius 1 is 0.667 bits per heavy atom. The maximum atomic E-state index is 2.60. The monoisotopic (exact) mass is 434 g/mol. The number of hydrogen-bond acceptors (Lipinski definition) is 2. The van der Waals surface area contributed by atoms with Gasteiger partial charge in [-0.3, -0.25) is 0 Å². The van der Waals surface area contributed by atoms with E-state index in [0.29, 0.717) is 4.17 Å². The fourth-order valence-corrected chi connectivity index (χ4v) is 5.40. The number of alkyl halides is 1. The predicted molar refractivity (Wildman–Crippen MR) is 114 cm³/mol. The van der Waals surface area contributed by atoms with Gasteiger partial charge in [-0.25, -0.2) is 0 Å². The number of halogens is 1. The number of anilines is 2. The van der Waals surface area contributed by atoms with E-state index in [1.807, 2.05) is 0 Å². The second-order valence-corrected chi connectivity index (χ2v) is 8.31. The maximum Gasteiger partial charge on any atom is 0.155 e. The lowest BCUT2D eigenvalue weighted by molar-refractivity contribution is 0.901. The molecule has 0 atom stereocenters. The minimum atomic E-state index is 0.350. The Balaban J connectivity index is 1.99. The van der Waals surface area contributed by atoms with E-state index in [0.717, 1.165) is 13.1 Å². The Bertz CT molecular complexity index is 670. The van der Waals surface area contributed by atoms with Gasteiger partial charge in [-0.15, -0.1) is 0 Å². The third-order valence-electron chi connectivity index (χ3n) is 4.94. The maximum absolute atomic E-state index is 2.60. The molecule has 0 spiro atoms. The van der Waals surface area contributed by atoms with Crippen molar-refractivity contribution in [3.05, 3.63) is 57.6 Å². The van der Waals surface area contributed by atoms with E-state index >= 15 is 0 Å². The van der Waals surface area contributed by atoms with Gasteiger partial charge in [0.15, 0.2) is 4.17 Å². The Kier molecular flexibility index (Phi) is 4.82. The van der Waals surface area contributed by atoms with E-state index in [4.69, 9.17) is 0 Å². The van der Waals surface area contributed by atoms with Crippen LogP contribution in [0.3, 0.4) is 0 Å². The van der Waals surface area contributed by atoms with E-state index in [1.54, 1.807) is 0 Å². The average Bonchev–Trinajstić information content (AvgIpc) is 2.79. The minimum absolute atomic E-state index is 0.350. The molecule has 1 aliphatic heterocycles. The van der Waals surface area contributed by atoms with Crippen LogP contribution in [0.4, 0.5) is 11.4 Å². The van der Waals surface area contributed by atoms with Crippen LogP contribution in [-0.4, -0.2) is 17.3 Å². The van der Waals surface area contributed by atoms with E-state index in [1.165, 1.54) is 44.8 Å². The van der Waals surface area contributed by atoms with Gasteiger partial charge in [-0.05, 0) is 86.4 Å². The number of rotatable bonds is 2. The van der Waals surface area contributed by atoms with Crippen molar-refractivity contribution in [2.75, 3.05) is 22.9 Å². The molecule has 0 radical (unpaired) electrons. The molecule has 3 rings (SSSR count). The van der Waals surface area contributed by atoms with Crippen LogP contribution in [0.1, 0.15) is 33.4 Å². The molecule has 1 aliphatic rings. The van der Waals surface area contributed by atoms with Crippen molar-refractivity contribution in [3.8, 4) is 0 Å². The van der Waals surface area contributed by atoms with Crippen molar-refractivity contribution >= 4 is 34.0 Å². The molecule has 1 saturated heterocycles. The van der Waals surface area contributed by atoms with Gasteiger partial charge < -0.3 is 9.80 Å². The van der Waals surface area contributed by atoms with Crippen LogP contribution in [0.2, 0.25) is 0 Å². The third-order valence-corrected chi connectivity index (χ3v) is 6.29. The van der Waals surface area contributed by atoms with Crippen molar-refractivity contribution in [3.63, 3.8) is 0 Å². The molecule has 0 bridgehead atoms. The van der Waals surface area contributed by atoms with Crippen LogP contribution >= 0.6 is 22.6 Å². The minimum Gasteiger partial charge on any atom is -0.341 e. The largest absolute Gasteiger partial charge is 0.341 e.